The molecule has 4 fully saturated rings. The van der Waals surface area contributed by atoms with Crippen molar-refractivity contribution in [2.24, 2.45) is 5.92 Å². The number of aryl methyl sites for hydroxylation is 1. The maximum Gasteiger partial charge on any atom is 0.262 e. The number of anilines is 1. The Balaban J connectivity index is 0.676. The molecule has 0 saturated carbocycles. The number of nitrogens with zero attached hydrogens (tertiary/aromatic N) is 7. The van der Waals surface area contributed by atoms with Gasteiger partial charge in [0.2, 0.25) is 17.7 Å². The standard InChI is InChI=1S/C50H63N9O6/c60-44(17-13-37-9-7-23-51-34-37)52-24-4-3-8-36-19-26-58(27-20-36)48(63)39-14-16-43(53-35-39)57-28-21-40(22-29-57)56-32-30-55(31-33-56)25-5-1-2-10-38-11-6-12-41-46(38)50(65)59(49(41)64)42-15-18-45(61)54-47(42)62/h6-7,9,11-14,16-17,23,34-36,40,42H,1-5,8,10,15,18-22,24-33H2,(H,52,60)(H,54,61,62)/b17-13+. The topological polar surface area (TPSA) is 168 Å². The Hall–Kier alpha value is -5.80. The van der Waals surface area contributed by atoms with Crippen LogP contribution < -0.4 is 15.5 Å². The summed E-state index contributed by atoms with van der Waals surface area (Å²) in [5.74, 6) is -0.336. The summed E-state index contributed by atoms with van der Waals surface area (Å²) in [5, 5.41) is 5.23. The van der Waals surface area contributed by atoms with Crippen LogP contribution in [0.1, 0.15) is 119 Å². The van der Waals surface area contributed by atoms with E-state index in [2.05, 4.69) is 30.3 Å². The van der Waals surface area contributed by atoms with E-state index in [1.807, 2.05) is 41.3 Å². The molecule has 2 aromatic heterocycles. The second-order valence-corrected chi connectivity index (χ2v) is 18.2. The summed E-state index contributed by atoms with van der Waals surface area (Å²) in [7, 11) is 0. The average molecular weight is 886 g/mol. The Kier molecular flexibility index (Phi) is 15.4. The molecule has 65 heavy (non-hydrogen) atoms. The number of piperidine rings is 3. The highest BCUT2D eigenvalue weighted by Gasteiger charge is 2.45. The van der Waals surface area contributed by atoms with Gasteiger partial charge in [0.1, 0.15) is 11.9 Å². The molecule has 15 nitrogen and oxygen atoms in total. The number of imide groups is 2. The lowest BCUT2D eigenvalue weighted by Gasteiger charge is -2.43. The molecule has 1 atom stereocenters. The molecule has 0 spiro atoms. The largest absolute Gasteiger partial charge is 0.357 e. The minimum atomic E-state index is -0.951. The van der Waals surface area contributed by atoms with E-state index >= 15 is 0 Å². The van der Waals surface area contributed by atoms with Gasteiger partial charge in [-0.15, -0.1) is 0 Å². The smallest absolute Gasteiger partial charge is 0.262 e. The highest BCUT2D eigenvalue weighted by molar-refractivity contribution is 6.24. The lowest BCUT2D eigenvalue weighted by molar-refractivity contribution is -0.136. The first kappa shape index (κ1) is 45.8. The molecule has 2 N–H and O–H groups in total. The molecule has 0 aliphatic carbocycles. The Labute approximate surface area is 382 Å². The van der Waals surface area contributed by atoms with Crippen molar-refractivity contribution in [3.05, 3.63) is 94.9 Å². The van der Waals surface area contributed by atoms with E-state index in [0.717, 1.165) is 145 Å². The van der Waals surface area contributed by atoms with Gasteiger partial charge in [-0.2, -0.15) is 0 Å². The van der Waals surface area contributed by atoms with Crippen LogP contribution in [-0.4, -0.2) is 143 Å². The summed E-state index contributed by atoms with van der Waals surface area (Å²) in [6.45, 7) is 9.40. The first-order valence-corrected chi connectivity index (χ1v) is 23.9. The van der Waals surface area contributed by atoms with Gasteiger partial charge in [-0.3, -0.25) is 48.9 Å². The molecule has 1 aromatic carbocycles. The van der Waals surface area contributed by atoms with Crippen LogP contribution >= 0.6 is 0 Å². The van der Waals surface area contributed by atoms with Crippen LogP contribution in [0.5, 0.6) is 0 Å². The third-order valence-electron chi connectivity index (χ3n) is 14.0. The molecule has 344 valence electrons. The number of fused-ring (bicyclic) bond motifs is 1. The van der Waals surface area contributed by atoms with Crippen molar-refractivity contribution in [1.29, 1.82) is 0 Å². The molecule has 15 heteroatoms. The van der Waals surface area contributed by atoms with Crippen LogP contribution in [0.4, 0.5) is 5.82 Å². The van der Waals surface area contributed by atoms with Crippen LogP contribution in [0.25, 0.3) is 6.08 Å². The summed E-state index contributed by atoms with van der Waals surface area (Å²) in [6.07, 6.45) is 19.8. The number of carbonyl (C=O) groups is 6. The number of rotatable bonds is 17. The van der Waals surface area contributed by atoms with Crippen molar-refractivity contribution in [1.82, 2.24) is 40.2 Å². The molecular weight excluding hydrogens is 823 g/mol. The van der Waals surface area contributed by atoms with Gasteiger partial charge in [0, 0.05) is 96.0 Å². The van der Waals surface area contributed by atoms with E-state index in [4.69, 9.17) is 4.98 Å². The summed E-state index contributed by atoms with van der Waals surface area (Å²) in [4.78, 5) is 95.6. The number of carbonyl (C=O) groups excluding carboxylic acids is 6. The molecule has 3 aromatic rings. The van der Waals surface area contributed by atoms with Crippen molar-refractivity contribution >= 4 is 47.3 Å². The molecule has 5 aliphatic rings. The van der Waals surface area contributed by atoms with Crippen molar-refractivity contribution < 1.29 is 28.8 Å². The number of nitrogens with one attached hydrogen (secondary N) is 2. The van der Waals surface area contributed by atoms with Crippen molar-refractivity contribution in [2.75, 3.05) is 70.3 Å². The van der Waals surface area contributed by atoms with Crippen molar-refractivity contribution in [3.8, 4) is 0 Å². The SMILES string of the molecule is O=C(/C=C/c1cccnc1)NCCCCC1CCN(C(=O)c2ccc(N3CCC(N4CCN(CCCCCc5cccc6c5C(=O)N(C5CCC(=O)NC5=O)C6=O)CC4)CC3)nc2)CC1. The lowest BCUT2D eigenvalue weighted by atomic mass is 9.91. The number of unbranched alkanes of at least 4 members (excludes halogenated alkanes) is 3. The number of hydrogen-bond donors (Lipinski definition) is 2. The molecule has 8 rings (SSSR count). The van der Waals surface area contributed by atoms with Crippen LogP contribution in [0, 0.1) is 5.92 Å². The van der Waals surface area contributed by atoms with Gasteiger partial charge in [0.25, 0.3) is 17.7 Å². The highest BCUT2D eigenvalue weighted by atomic mass is 16.2. The zero-order chi connectivity index (χ0) is 45.1. The van der Waals surface area contributed by atoms with Crippen LogP contribution in [0.15, 0.2) is 67.1 Å². The number of benzene rings is 1. The Morgan fingerprint density at radius 2 is 1.60 bits per heavy atom. The van der Waals surface area contributed by atoms with E-state index in [9.17, 15) is 28.8 Å². The van der Waals surface area contributed by atoms with Gasteiger partial charge in [-0.25, -0.2) is 4.98 Å². The molecule has 5 aliphatic heterocycles. The third kappa shape index (κ3) is 11.5. The van der Waals surface area contributed by atoms with Crippen molar-refractivity contribution in [3.63, 3.8) is 0 Å². The fourth-order valence-electron chi connectivity index (χ4n) is 10.2. The predicted molar refractivity (Wildman–Crippen MR) is 247 cm³/mol. The predicted octanol–water partition coefficient (Wildman–Crippen LogP) is 4.73. The Morgan fingerprint density at radius 3 is 2.34 bits per heavy atom. The number of aromatic nitrogens is 2. The van der Waals surface area contributed by atoms with E-state index in [0.29, 0.717) is 41.6 Å². The quantitative estimate of drug-likeness (QED) is 0.109. The molecule has 7 heterocycles. The summed E-state index contributed by atoms with van der Waals surface area (Å²) in [6, 6.07) is 12.7. The van der Waals surface area contributed by atoms with Crippen LogP contribution in [0.3, 0.4) is 0 Å². The van der Waals surface area contributed by atoms with Gasteiger partial charge >= 0.3 is 0 Å². The Bertz CT molecular complexity index is 2190. The first-order valence-electron chi connectivity index (χ1n) is 23.9. The van der Waals surface area contributed by atoms with Gasteiger partial charge in [0.15, 0.2) is 0 Å². The minimum Gasteiger partial charge on any atom is -0.357 e. The number of hydrogen-bond acceptors (Lipinski definition) is 11. The van der Waals surface area contributed by atoms with E-state index in [-0.39, 0.29) is 30.6 Å². The number of pyridine rings is 2. The zero-order valence-electron chi connectivity index (χ0n) is 37.5. The maximum atomic E-state index is 13.4. The first-order chi connectivity index (χ1) is 31.7. The second-order valence-electron chi connectivity index (χ2n) is 18.2. The normalized spacial score (nSPS) is 20.4. The van der Waals surface area contributed by atoms with Crippen molar-refractivity contribution in [2.45, 2.75) is 95.6 Å². The highest BCUT2D eigenvalue weighted by Crippen LogP contribution is 2.31. The fourth-order valence-corrected chi connectivity index (χ4v) is 10.2. The molecule has 0 bridgehead atoms. The van der Waals surface area contributed by atoms with Gasteiger partial charge in [-0.1, -0.05) is 37.5 Å². The molecular formula is C50H63N9O6. The summed E-state index contributed by atoms with van der Waals surface area (Å²) >= 11 is 0. The van der Waals surface area contributed by atoms with Gasteiger partial charge in [0.05, 0.1) is 16.7 Å². The second kappa shape index (κ2) is 21.9. The monoisotopic (exact) mass is 885 g/mol. The summed E-state index contributed by atoms with van der Waals surface area (Å²) < 4.78 is 0. The Morgan fingerprint density at radius 1 is 0.785 bits per heavy atom. The fraction of sp³-hybridized carbons (Fsp3) is 0.520. The number of piperazine rings is 1. The average Bonchev–Trinajstić information content (AvgIpc) is 3.59. The molecule has 6 amide bonds. The van der Waals surface area contributed by atoms with E-state index in [1.54, 1.807) is 36.8 Å². The van der Waals surface area contributed by atoms with Gasteiger partial charge < -0.3 is 20.0 Å². The third-order valence-corrected chi connectivity index (χ3v) is 14.0. The van der Waals surface area contributed by atoms with E-state index < -0.39 is 23.8 Å². The van der Waals surface area contributed by atoms with Gasteiger partial charge in [-0.05, 0) is 112 Å². The lowest BCUT2D eigenvalue weighted by Crippen LogP contribution is -2.54. The van der Waals surface area contributed by atoms with Crippen LogP contribution in [-0.2, 0) is 20.8 Å². The summed E-state index contributed by atoms with van der Waals surface area (Å²) in [5.41, 5.74) is 3.15. The number of amides is 6. The van der Waals surface area contributed by atoms with Crippen LogP contribution in [0.2, 0.25) is 0 Å². The minimum absolute atomic E-state index is 0.0653. The molecule has 4 saturated heterocycles. The molecule has 0 radical (unpaired) electrons. The zero-order valence-corrected chi connectivity index (χ0v) is 37.5. The maximum absolute atomic E-state index is 13.4. The molecule has 1 unspecified atom stereocenters. The number of likely N-dealkylation sites (tertiary alicyclic amines) is 1. The van der Waals surface area contributed by atoms with E-state index in [1.165, 1.54) is 0 Å².